The SMILES string of the molecule is CC1CCC(C(O)c2ccc3c(c2)CC(C)(C)O3)CC1. The maximum Gasteiger partial charge on any atom is 0.123 e. The van der Waals surface area contributed by atoms with E-state index in [2.05, 4.69) is 26.8 Å². The largest absolute Gasteiger partial charge is 0.487 e. The highest BCUT2D eigenvalue weighted by molar-refractivity contribution is 5.42. The van der Waals surface area contributed by atoms with Crippen LogP contribution in [0.1, 0.15) is 63.7 Å². The van der Waals surface area contributed by atoms with Gasteiger partial charge in [0.25, 0.3) is 0 Å². The first-order chi connectivity index (χ1) is 9.44. The number of aliphatic hydroxyl groups is 1. The Balaban J connectivity index is 1.75. The lowest BCUT2D eigenvalue weighted by Gasteiger charge is -2.30. The summed E-state index contributed by atoms with van der Waals surface area (Å²) in [5, 5.41) is 10.7. The first-order valence-electron chi connectivity index (χ1n) is 7.94. The number of ether oxygens (including phenoxy) is 1. The van der Waals surface area contributed by atoms with Crippen LogP contribution in [0.2, 0.25) is 0 Å². The molecule has 0 bridgehead atoms. The molecular formula is C18H26O2. The van der Waals surface area contributed by atoms with Gasteiger partial charge in [-0.2, -0.15) is 0 Å². The molecule has 3 rings (SSSR count). The van der Waals surface area contributed by atoms with E-state index in [0.29, 0.717) is 5.92 Å². The summed E-state index contributed by atoms with van der Waals surface area (Å²) in [6, 6.07) is 6.24. The number of benzene rings is 1. The summed E-state index contributed by atoms with van der Waals surface area (Å²) in [6.07, 6.45) is 5.44. The van der Waals surface area contributed by atoms with Crippen LogP contribution in [-0.2, 0) is 6.42 Å². The zero-order valence-electron chi connectivity index (χ0n) is 12.9. The molecule has 2 nitrogen and oxygen atoms in total. The average Bonchev–Trinajstić information content (AvgIpc) is 2.71. The second-order valence-electron chi connectivity index (χ2n) is 7.37. The molecule has 110 valence electrons. The Hall–Kier alpha value is -1.02. The number of hydrogen-bond donors (Lipinski definition) is 1. The van der Waals surface area contributed by atoms with Crippen LogP contribution < -0.4 is 4.74 Å². The van der Waals surface area contributed by atoms with Crippen LogP contribution in [0.25, 0.3) is 0 Å². The highest BCUT2D eigenvalue weighted by Crippen LogP contribution is 2.40. The lowest BCUT2D eigenvalue weighted by atomic mass is 9.78. The van der Waals surface area contributed by atoms with E-state index in [-0.39, 0.29) is 11.7 Å². The van der Waals surface area contributed by atoms with E-state index in [4.69, 9.17) is 4.74 Å². The van der Waals surface area contributed by atoms with Gasteiger partial charge in [0.1, 0.15) is 11.4 Å². The summed E-state index contributed by atoms with van der Waals surface area (Å²) < 4.78 is 5.91. The third-order valence-corrected chi connectivity index (χ3v) is 4.94. The van der Waals surface area contributed by atoms with E-state index in [1.807, 2.05) is 12.1 Å². The lowest BCUT2D eigenvalue weighted by Crippen LogP contribution is -2.24. The molecule has 1 aliphatic carbocycles. The van der Waals surface area contributed by atoms with E-state index in [9.17, 15) is 5.11 Å². The molecule has 1 atom stereocenters. The fraction of sp³-hybridized carbons (Fsp3) is 0.667. The molecular weight excluding hydrogens is 248 g/mol. The number of hydrogen-bond acceptors (Lipinski definition) is 2. The highest BCUT2D eigenvalue weighted by atomic mass is 16.5. The summed E-state index contributed by atoms with van der Waals surface area (Å²) in [6.45, 7) is 6.55. The smallest absolute Gasteiger partial charge is 0.123 e. The predicted molar refractivity (Wildman–Crippen MR) is 80.9 cm³/mol. The summed E-state index contributed by atoms with van der Waals surface area (Å²) in [5.41, 5.74) is 2.21. The molecule has 2 aliphatic rings. The Morgan fingerprint density at radius 2 is 1.90 bits per heavy atom. The maximum atomic E-state index is 10.7. The quantitative estimate of drug-likeness (QED) is 0.873. The maximum absolute atomic E-state index is 10.7. The van der Waals surface area contributed by atoms with Gasteiger partial charge >= 0.3 is 0 Å². The molecule has 1 unspecified atom stereocenters. The van der Waals surface area contributed by atoms with E-state index in [0.717, 1.165) is 36.5 Å². The van der Waals surface area contributed by atoms with Crippen LogP contribution in [0, 0.1) is 11.8 Å². The molecule has 1 aromatic rings. The van der Waals surface area contributed by atoms with Gasteiger partial charge in [-0.05, 0) is 61.8 Å². The van der Waals surface area contributed by atoms with E-state index in [1.54, 1.807) is 0 Å². The molecule has 1 heterocycles. The Kier molecular flexibility index (Phi) is 3.53. The third kappa shape index (κ3) is 2.71. The first kappa shape index (κ1) is 13.9. The van der Waals surface area contributed by atoms with Gasteiger partial charge in [0.2, 0.25) is 0 Å². The molecule has 1 saturated carbocycles. The van der Waals surface area contributed by atoms with Crippen LogP contribution in [0.3, 0.4) is 0 Å². The molecule has 1 fully saturated rings. The van der Waals surface area contributed by atoms with Gasteiger partial charge < -0.3 is 9.84 Å². The standard InChI is InChI=1S/C18H26O2/c1-12-4-6-13(7-5-12)17(19)14-8-9-16-15(10-14)11-18(2,3)20-16/h8-10,12-13,17,19H,4-7,11H2,1-3H3. The van der Waals surface area contributed by atoms with E-state index in [1.165, 1.54) is 18.4 Å². The lowest BCUT2D eigenvalue weighted by molar-refractivity contribution is 0.0755. The van der Waals surface area contributed by atoms with Crippen molar-refractivity contribution in [3.05, 3.63) is 29.3 Å². The van der Waals surface area contributed by atoms with Crippen molar-refractivity contribution in [3.63, 3.8) is 0 Å². The van der Waals surface area contributed by atoms with Gasteiger partial charge in [0, 0.05) is 6.42 Å². The number of fused-ring (bicyclic) bond motifs is 1. The van der Waals surface area contributed by atoms with Crippen molar-refractivity contribution in [3.8, 4) is 5.75 Å². The Bertz CT molecular complexity index is 484. The van der Waals surface area contributed by atoms with Crippen molar-refractivity contribution in [2.45, 2.75) is 64.6 Å². The summed E-state index contributed by atoms with van der Waals surface area (Å²) in [7, 11) is 0. The van der Waals surface area contributed by atoms with Crippen LogP contribution >= 0.6 is 0 Å². The Morgan fingerprint density at radius 1 is 1.20 bits per heavy atom. The molecule has 0 amide bonds. The number of aliphatic hydroxyl groups excluding tert-OH is 1. The predicted octanol–water partition coefficient (Wildman–Crippen LogP) is 4.26. The molecule has 20 heavy (non-hydrogen) atoms. The topological polar surface area (TPSA) is 29.5 Å². The zero-order valence-corrected chi connectivity index (χ0v) is 12.9. The second kappa shape index (κ2) is 5.07. The van der Waals surface area contributed by atoms with Crippen LogP contribution in [0.4, 0.5) is 0 Å². The second-order valence-corrected chi connectivity index (χ2v) is 7.37. The minimum absolute atomic E-state index is 0.105. The summed E-state index contributed by atoms with van der Waals surface area (Å²) >= 11 is 0. The zero-order chi connectivity index (χ0) is 14.3. The van der Waals surface area contributed by atoms with Crippen LogP contribution in [0.15, 0.2) is 18.2 Å². The molecule has 0 aromatic heterocycles. The summed E-state index contributed by atoms with van der Waals surface area (Å²) in [5.74, 6) is 2.25. The average molecular weight is 274 g/mol. The Labute approximate surface area is 122 Å². The molecule has 2 heteroatoms. The van der Waals surface area contributed by atoms with Crippen molar-refractivity contribution in [1.29, 1.82) is 0 Å². The van der Waals surface area contributed by atoms with E-state index < -0.39 is 0 Å². The Morgan fingerprint density at radius 3 is 2.60 bits per heavy atom. The molecule has 1 N–H and O–H groups in total. The third-order valence-electron chi connectivity index (χ3n) is 4.94. The van der Waals surface area contributed by atoms with Gasteiger partial charge in [0.15, 0.2) is 0 Å². The van der Waals surface area contributed by atoms with Crippen LogP contribution in [-0.4, -0.2) is 10.7 Å². The minimum Gasteiger partial charge on any atom is -0.487 e. The minimum atomic E-state index is -0.309. The van der Waals surface area contributed by atoms with Gasteiger partial charge in [-0.3, -0.25) is 0 Å². The summed E-state index contributed by atoms with van der Waals surface area (Å²) in [4.78, 5) is 0. The molecule has 0 spiro atoms. The van der Waals surface area contributed by atoms with Crippen molar-refractivity contribution >= 4 is 0 Å². The van der Waals surface area contributed by atoms with Gasteiger partial charge in [-0.1, -0.05) is 25.8 Å². The van der Waals surface area contributed by atoms with Crippen molar-refractivity contribution < 1.29 is 9.84 Å². The van der Waals surface area contributed by atoms with Gasteiger partial charge in [-0.25, -0.2) is 0 Å². The molecule has 0 radical (unpaired) electrons. The van der Waals surface area contributed by atoms with Gasteiger partial charge in [0.05, 0.1) is 6.10 Å². The number of rotatable bonds is 2. The van der Waals surface area contributed by atoms with Crippen molar-refractivity contribution in [2.24, 2.45) is 11.8 Å². The van der Waals surface area contributed by atoms with Gasteiger partial charge in [-0.15, -0.1) is 0 Å². The van der Waals surface area contributed by atoms with Crippen LogP contribution in [0.5, 0.6) is 5.75 Å². The molecule has 1 aromatic carbocycles. The highest BCUT2D eigenvalue weighted by Gasteiger charge is 2.31. The monoisotopic (exact) mass is 274 g/mol. The first-order valence-corrected chi connectivity index (χ1v) is 7.94. The molecule has 1 aliphatic heterocycles. The molecule has 0 saturated heterocycles. The fourth-order valence-corrected chi connectivity index (χ4v) is 3.69. The fourth-order valence-electron chi connectivity index (χ4n) is 3.69. The normalized spacial score (nSPS) is 29.6. The van der Waals surface area contributed by atoms with Crippen molar-refractivity contribution in [2.75, 3.05) is 0 Å². The van der Waals surface area contributed by atoms with Crippen molar-refractivity contribution in [1.82, 2.24) is 0 Å². The van der Waals surface area contributed by atoms with E-state index >= 15 is 0 Å².